The molecule has 8 nitrogen and oxygen atoms in total. The second kappa shape index (κ2) is 10.7. The van der Waals surface area contributed by atoms with Crippen LogP contribution in [0.4, 0.5) is 0 Å². The third-order valence-corrected chi connectivity index (χ3v) is 6.25. The number of fused-ring (bicyclic) bond motifs is 2. The molecule has 1 N–H and O–H groups in total. The predicted molar refractivity (Wildman–Crippen MR) is 127 cm³/mol. The van der Waals surface area contributed by atoms with Crippen molar-refractivity contribution in [3.63, 3.8) is 0 Å². The van der Waals surface area contributed by atoms with Crippen LogP contribution in [0.2, 0.25) is 0 Å². The molecule has 174 valence electrons. The minimum Gasteiger partial charge on any atom is -0.486 e. The van der Waals surface area contributed by atoms with Crippen molar-refractivity contribution in [2.24, 2.45) is 0 Å². The Hall–Kier alpha value is -3.04. The zero-order chi connectivity index (χ0) is 23.2. The molecule has 0 radical (unpaired) electrons. The molecular formula is C24H27N3O5S. The van der Waals surface area contributed by atoms with Gasteiger partial charge in [-0.3, -0.25) is 14.2 Å². The van der Waals surface area contributed by atoms with E-state index in [0.717, 1.165) is 17.1 Å². The minimum atomic E-state index is -0.208. The highest BCUT2D eigenvalue weighted by atomic mass is 32.2. The molecule has 9 heteroatoms. The lowest BCUT2D eigenvalue weighted by molar-refractivity contribution is -0.118. The van der Waals surface area contributed by atoms with Gasteiger partial charge in [-0.2, -0.15) is 0 Å². The van der Waals surface area contributed by atoms with E-state index in [2.05, 4.69) is 10.3 Å². The molecule has 1 aliphatic heterocycles. The van der Waals surface area contributed by atoms with Crippen molar-refractivity contribution < 1.29 is 19.0 Å². The molecule has 0 saturated heterocycles. The van der Waals surface area contributed by atoms with Crippen LogP contribution in [-0.2, 0) is 16.0 Å². The van der Waals surface area contributed by atoms with Gasteiger partial charge in [0.1, 0.15) is 13.2 Å². The van der Waals surface area contributed by atoms with Gasteiger partial charge in [-0.05, 0) is 43.2 Å². The first kappa shape index (κ1) is 23.1. The summed E-state index contributed by atoms with van der Waals surface area (Å²) in [6.07, 6.45) is 0.677. The van der Waals surface area contributed by atoms with E-state index in [4.69, 9.17) is 14.2 Å². The van der Waals surface area contributed by atoms with Crippen LogP contribution in [0.15, 0.2) is 52.4 Å². The summed E-state index contributed by atoms with van der Waals surface area (Å²) in [6.45, 7) is 3.87. The zero-order valence-electron chi connectivity index (χ0n) is 18.7. The number of methoxy groups -OCH3 is 1. The Balaban J connectivity index is 1.39. The first-order chi connectivity index (χ1) is 16.1. The summed E-state index contributed by atoms with van der Waals surface area (Å²) in [7, 11) is 1.60. The van der Waals surface area contributed by atoms with Gasteiger partial charge < -0.3 is 19.5 Å². The van der Waals surface area contributed by atoms with Gasteiger partial charge in [0, 0.05) is 13.7 Å². The predicted octanol–water partition coefficient (Wildman–Crippen LogP) is 2.83. The number of hydrogen-bond acceptors (Lipinski definition) is 7. The molecule has 4 rings (SSSR count). The molecule has 33 heavy (non-hydrogen) atoms. The van der Waals surface area contributed by atoms with Gasteiger partial charge in [-0.25, -0.2) is 4.98 Å². The average Bonchev–Trinajstić information content (AvgIpc) is 2.83. The van der Waals surface area contributed by atoms with Gasteiger partial charge in [0.05, 0.1) is 29.3 Å². The lowest BCUT2D eigenvalue weighted by Gasteiger charge is -2.19. The molecule has 1 aromatic heterocycles. The highest BCUT2D eigenvalue weighted by Gasteiger charge is 2.18. The molecular weight excluding hydrogens is 442 g/mol. The molecule has 0 saturated carbocycles. The standard InChI is InChI=1S/C24H27N3O5S/c1-16(14-30-2)27-23(29)18-5-3-4-6-19(18)26-24(27)33-15-22(28)25-10-9-17-7-8-20-21(13-17)32-12-11-31-20/h3-8,13,16H,9-12,14-15H2,1-2H3,(H,25,28). The number of rotatable bonds is 9. The zero-order valence-corrected chi connectivity index (χ0v) is 19.5. The van der Waals surface area contributed by atoms with Gasteiger partial charge in [0.2, 0.25) is 5.91 Å². The smallest absolute Gasteiger partial charge is 0.262 e. The molecule has 0 aliphatic carbocycles. The summed E-state index contributed by atoms with van der Waals surface area (Å²) in [4.78, 5) is 30.2. The van der Waals surface area contributed by atoms with Crippen LogP contribution in [0.5, 0.6) is 11.5 Å². The normalized spacial score (nSPS) is 13.6. The number of thioether (sulfide) groups is 1. The van der Waals surface area contributed by atoms with Crippen molar-refractivity contribution in [3.05, 3.63) is 58.4 Å². The molecule has 1 atom stereocenters. The van der Waals surface area contributed by atoms with Crippen LogP contribution in [0.1, 0.15) is 18.5 Å². The van der Waals surface area contributed by atoms with Crippen LogP contribution < -0.4 is 20.3 Å². The number of hydrogen-bond donors (Lipinski definition) is 1. The molecule has 0 bridgehead atoms. The van der Waals surface area contributed by atoms with Crippen LogP contribution in [0.25, 0.3) is 10.9 Å². The maximum absolute atomic E-state index is 13.1. The van der Waals surface area contributed by atoms with Gasteiger partial charge >= 0.3 is 0 Å². The van der Waals surface area contributed by atoms with Gasteiger partial charge in [-0.15, -0.1) is 0 Å². The molecule has 0 spiro atoms. The van der Waals surface area contributed by atoms with E-state index >= 15 is 0 Å². The molecule has 0 fully saturated rings. The number of benzene rings is 2. The molecule has 1 amide bonds. The third-order valence-electron chi connectivity index (χ3n) is 5.30. The Bertz CT molecular complexity index is 1200. The van der Waals surface area contributed by atoms with Crippen LogP contribution in [0.3, 0.4) is 0 Å². The monoisotopic (exact) mass is 469 g/mol. The molecule has 1 unspecified atom stereocenters. The van der Waals surface area contributed by atoms with E-state index in [1.54, 1.807) is 23.8 Å². The fraction of sp³-hybridized carbons (Fsp3) is 0.375. The van der Waals surface area contributed by atoms with E-state index in [1.807, 2.05) is 37.3 Å². The Kier molecular flexibility index (Phi) is 7.51. The maximum Gasteiger partial charge on any atom is 0.262 e. The number of nitrogens with one attached hydrogen (secondary N) is 1. The molecule has 3 aromatic rings. The number of ether oxygens (including phenoxy) is 3. The van der Waals surface area contributed by atoms with Crippen LogP contribution in [0, 0.1) is 0 Å². The Morgan fingerprint density at radius 2 is 2.00 bits per heavy atom. The van der Waals surface area contributed by atoms with Crippen molar-refractivity contribution in [3.8, 4) is 11.5 Å². The highest BCUT2D eigenvalue weighted by Crippen LogP contribution is 2.30. The van der Waals surface area contributed by atoms with Gasteiger partial charge in [0.15, 0.2) is 16.7 Å². The largest absolute Gasteiger partial charge is 0.486 e. The highest BCUT2D eigenvalue weighted by molar-refractivity contribution is 7.99. The van der Waals surface area contributed by atoms with Crippen molar-refractivity contribution >= 4 is 28.6 Å². The van der Waals surface area contributed by atoms with Gasteiger partial charge in [-0.1, -0.05) is 30.0 Å². The second-order valence-corrected chi connectivity index (χ2v) is 8.70. The van der Waals surface area contributed by atoms with E-state index in [9.17, 15) is 9.59 Å². The van der Waals surface area contributed by atoms with Crippen LogP contribution in [-0.4, -0.2) is 54.7 Å². The number of para-hydroxylation sites is 1. The SMILES string of the molecule is COCC(C)n1c(SCC(=O)NCCc2ccc3c(c2)OCCO3)nc2ccccc2c1=O. The van der Waals surface area contributed by atoms with Crippen molar-refractivity contribution in [2.45, 2.75) is 24.5 Å². The summed E-state index contributed by atoms with van der Waals surface area (Å²) in [5.74, 6) is 1.53. The van der Waals surface area contributed by atoms with Crippen molar-refractivity contribution in [1.29, 1.82) is 0 Å². The minimum absolute atomic E-state index is 0.120. The van der Waals surface area contributed by atoms with Crippen molar-refractivity contribution in [2.75, 3.05) is 39.2 Å². The fourth-order valence-electron chi connectivity index (χ4n) is 3.70. The number of carbonyl (C=O) groups excluding carboxylic acids is 1. The van der Waals surface area contributed by atoms with E-state index in [0.29, 0.717) is 48.8 Å². The average molecular weight is 470 g/mol. The number of aromatic nitrogens is 2. The Morgan fingerprint density at radius 3 is 2.82 bits per heavy atom. The Labute approximate surface area is 196 Å². The van der Waals surface area contributed by atoms with E-state index < -0.39 is 0 Å². The van der Waals surface area contributed by atoms with E-state index in [1.165, 1.54) is 11.8 Å². The summed E-state index contributed by atoms with van der Waals surface area (Å²) in [5.41, 5.74) is 1.54. The van der Waals surface area contributed by atoms with E-state index in [-0.39, 0.29) is 23.3 Å². The van der Waals surface area contributed by atoms with Gasteiger partial charge in [0.25, 0.3) is 5.56 Å². The third kappa shape index (κ3) is 5.48. The first-order valence-corrected chi connectivity index (χ1v) is 11.8. The summed E-state index contributed by atoms with van der Waals surface area (Å²) in [5, 5.41) is 3.99. The fourth-order valence-corrected chi connectivity index (χ4v) is 4.63. The number of carbonyl (C=O) groups is 1. The second-order valence-electron chi connectivity index (χ2n) is 7.76. The quantitative estimate of drug-likeness (QED) is 0.381. The lowest BCUT2D eigenvalue weighted by atomic mass is 10.1. The number of nitrogens with zero attached hydrogens (tertiary/aromatic N) is 2. The topological polar surface area (TPSA) is 91.7 Å². The lowest BCUT2D eigenvalue weighted by Crippen LogP contribution is -2.30. The molecule has 2 heterocycles. The first-order valence-electron chi connectivity index (χ1n) is 10.8. The summed E-state index contributed by atoms with van der Waals surface area (Å²) >= 11 is 1.25. The summed E-state index contributed by atoms with van der Waals surface area (Å²) < 4.78 is 18.0. The Morgan fingerprint density at radius 1 is 1.21 bits per heavy atom. The molecule has 1 aliphatic rings. The van der Waals surface area contributed by atoms with Crippen molar-refractivity contribution in [1.82, 2.24) is 14.9 Å². The summed E-state index contributed by atoms with van der Waals surface area (Å²) in [6, 6.07) is 12.8. The van der Waals surface area contributed by atoms with Crippen LogP contribution >= 0.6 is 11.8 Å². The maximum atomic E-state index is 13.1. The number of amides is 1. The molecule has 2 aromatic carbocycles.